The van der Waals surface area contributed by atoms with Crippen LogP contribution in [0.4, 0.5) is 0 Å². The third-order valence-electron chi connectivity index (χ3n) is 3.17. The van der Waals surface area contributed by atoms with E-state index in [1.54, 1.807) is 0 Å². The molecule has 0 fully saturated rings. The van der Waals surface area contributed by atoms with Gasteiger partial charge in [0.25, 0.3) is 0 Å². The van der Waals surface area contributed by atoms with Crippen LogP contribution in [0.2, 0.25) is 5.02 Å². The first-order chi connectivity index (χ1) is 9.72. The first kappa shape index (κ1) is 14.9. The molecule has 2 aromatic carbocycles. The van der Waals surface area contributed by atoms with Gasteiger partial charge in [-0.1, -0.05) is 37.6 Å². The van der Waals surface area contributed by atoms with Gasteiger partial charge in [-0.05, 0) is 54.9 Å². The summed E-state index contributed by atoms with van der Waals surface area (Å²) in [5, 5.41) is 4.19. The second-order valence-corrected chi connectivity index (χ2v) is 5.08. The maximum atomic E-state index is 5.87. The number of nitrogens with one attached hydrogen (secondary N) is 1. The summed E-state index contributed by atoms with van der Waals surface area (Å²) >= 11 is 5.87. The van der Waals surface area contributed by atoms with Crippen molar-refractivity contribution in [3.63, 3.8) is 0 Å². The molecule has 0 amide bonds. The maximum absolute atomic E-state index is 5.87. The van der Waals surface area contributed by atoms with E-state index in [1.807, 2.05) is 36.4 Å². The van der Waals surface area contributed by atoms with Crippen molar-refractivity contribution in [2.75, 3.05) is 6.54 Å². The molecule has 106 valence electrons. The normalized spacial score (nSPS) is 12.2. The van der Waals surface area contributed by atoms with Crippen LogP contribution in [0.3, 0.4) is 0 Å². The van der Waals surface area contributed by atoms with Crippen molar-refractivity contribution in [3.05, 3.63) is 59.1 Å². The molecule has 0 heterocycles. The number of ether oxygens (including phenoxy) is 1. The van der Waals surface area contributed by atoms with Gasteiger partial charge in [0, 0.05) is 11.1 Å². The third-order valence-corrected chi connectivity index (χ3v) is 3.42. The van der Waals surface area contributed by atoms with Gasteiger partial charge in [-0.25, -0.2) is 0 Å². The van der Waals surface area contributed by atoms with Crippen LogP contribution >= 0.6 is 11.6 Å². The van der Waals surface area contributed by atoms with Crippen molar-refractivity contribution in [1.82, 2.24) is 5.32 Å². The quantitative estimate of drug-likeness (QED) is 0.790. The molecule has 0 saturated carbocycles. The molecule has 0 saturated heterocycles. The predicted octanol–water partition coefficient (Wildman–Crippen LogP) is 5.19. The van der Waals surface area contributed by atoms with Gasteiger partial charge in [-0.15, -0.1) is 0 Å². The summed E-state index contributed by atoms with van der Waals surface area (Å²) in [6, 6.07) is 16.0. The Morgan fingerprint density at radius 2 is 1.80 bits per heavy atom. The van der Waals surface area contributed by atoms with Gasteiger partial charge in [-0.3, -0.25) is 0 Å². The smallest absolute Gasteiger partial charge is 0.127 e. The summed E-state index contributed by atoms with van der Waals surface area (Å²) < 4.78 is 5.86. The number of halogens is 1. The summed E-state index contributed by atoms with van der Waals surface area (Å²) in [6.45, 7) is 5.26. The molecular weight excluding hydrogens is 270 g/mol. The lowest BCUT2D eigenvalue weighted by Crippen LogP contribution is -2.19. The Balaban J connectivity index is 2.14. The highest BCUT2D eigenvalue weighted by atomic mass is 35.5. The summed E-state index contributed by atoms with van der Waals surface area (Å²) in [4.78, 5) is 0. The number of benzene rings is 2. The lowest BCUT2D eigenvalue weighted by molar-refractivity contribution is 0.477. The zero-order valence-electron chi connectivity index (χ0n) is 11.9. The fraction of sp³-hybridized carbons (Fsp3) is 0.294. The highest BCUT2D eigenvalue weighted by Gasteiger charge is 2.08. The Hall–Kier alpha value is -1.51. The Labute approximate surface area is 125 Å². The van der Waals surface area contributed by atoms with Gasteiger partial charge in [0.1, 0.15) is 11.5 Å². The minimum atomic E-state index is 0.369. The zero-order valence-corrected chi connectivity index (χ0v) is 12.7. The zero-order chi connectivity index (χ0) is 14.4. The Morgan fingerprint density at radius 3 is 2.45 bits per heavy atom. The molecule has 0 aromatic heterocycles. The van der Waals surface area contributed by atoms with Crippen LogP contribution in [0.5, 0.6) is 11.5 Å². The van der Waals surface area contributed by atoms with Crippen LogP contribution in [-0.4, -0.2) is 6.54 Å². The molecule has 2 aromatic rings. The van der Waals surface area contributed by atoms with Crippen molar-refractivity contribution in [2.24, 2.45) is 0 Å². The molecule has 1 N–H and O–H groups in total. The van der Waals surface area contributed by atoms with E-state index in [0.29, 0.717) is 11.1 Å². The minimum Gasteiger partial charge on any atom is -0.457 e. The van der Waals surface area contributed by atoms with Crippen molar-refractivity contribution in [1.29, 1.82) is 0 Å². The average molecular weight is 290 g/mol. The van der Waals surface area contributed by atoms with Crippen LogP contribution in [-0.2, 0) is 0 Å². The predicted molar refractivity (Wildman–Crippen MR) is 84.7 cm³/mol. The number of hydrogen-bond acceptors (Lipinski definition) is 2. The molecule has 3 heteroatoms. The summed E-state index contributed by atoms with van der Waals surface area (Å²) in [7, 11) is 0. The summed E-state index contributed by atoms with van der Waals surface area (Å²) in [5.41, 5.74) is 1.25. The lowest BCUT2D eigenvalue weighted by atomic mass is 10.0. The molecule has 0 aliphatic rings. The molecule has 0 aliphatic heterocycles. The molecule has 2 rings (SSSR count). The van der Waals surface area contributed by atoms with Gasteiger partial charge in [0.15, 0.2) is 0 Å². The van der Waals surface area contributed by atoms with Crippen molar-refractivity contribution in [2.45, 2.75) is 26.3 Å². The summed E-state index contributed by atoms with van der Waals surface area (Å²) in [5.74, 6) is 1.64. The van der Waals surface area contributed by atoms with Crippen LogP contribution in [0.25, 0.3) is 0 Å². The molecule has 2 nitrogen and oxygen atoms in total. The van der Waals surface area contributed by atoms with Crippen molar-refractivity contribution >= 4 is 11.6 Å². The Morgan fingerprint density at radius 1 is 1.05 bits per heavy atom. The average Bonchev–Trinajstić information content (AvgIpc) is 2.47. The Bertz CT molecular complexity index is 539. The summed E-state index contributed by atoms with van der Waals surface area (Å²) in [6.07, 6.45) is 1.05. The first-order valence-corrected chi connectivity index (χ1v) is 7.37. The van der Waals surface area contributed by atoms with Crippen LogP contribution in [0.15, 0.2) is 48.5 Å². The van der Waals surface area contributed by atoms with E-state index in [4.69, 9.17) is 16.3 Å². The second-order valence-electron chi connectivity index (χ2n) is 4.65. The maximum Gasteiger partial charge on any atom is 0.127 e. The molecule has 1 unspecified atom stereocenters. The highest BCUT2D eigenvalue weighted by molar-refractivity contribution is 6.30. The van der Waals surface area contributed by atoms with E-state index in [9.17, 15) is 0 Å². The third kappa shape index (κ3) is 3.99. The topological polar surface area (TPSA) is 21.3 Å². The van der Waals surface area contributed by atoms with Crippen LogP contribution in [0.1, 0.15) is 31.9 Å². The van der Waals surface area contributed by atoms with Crippen LogP contribution < -0.4 is 10.1 Å². The molecule has 20 heavy (non-hydrogen) atoms. The minimum absolute atomic E-state index is 0.369. The molecule has 0 bridgehead atoms. The van der Waals surface area contributed by atoms with Gasteiger partial charge in [0.2, 0.25) is 0 Å². The van der Waals surface area contributed by atoms with Gasteiger partial charge < -0.3 is 10.1 Å². The fourth-order valence-electron chi connectivity index (χ4n) is 2.18. The molecule has 0 radical (unpaired) electrons. The fourth-order valence-corrected chi connectivity index (χ4v) is 2.30. The molecular formula is C17H20ClNO. The number of hydrogen-bond donors (Lipinski definition) is 1. The van der Waals surface area contributed by atoms with E-state index in [-0.39, 0.29) is 0 Å². The van der Waals surface area contributed by atoms with E-state index in [2.05, 4.69) is 31.3 Å². The second kappa shape index (κ2) is 7.32. The SMILES string of the molecule is CCNC(CC)c1cccc(Oc2ccc(Cl)cc2)c1. The molecule has 0 aliphatic carbocycles. The van der Waals surface area contributed by atoms with Gasteiger partial charge in [-0.2, -0.15) is 0 Å². The Kier molecular flexibility index (Phi) is 5.45. The van der Waals surface area contributed by atoms with Gasteiger partial charge in [0.05, 0.1) is 0 Å². The largest absolute Gasteiger partial charge is 0.457 e. The standard InChI is InChI=1S/C17H20ClNO/c1-3-17(19-4-2)13-6-5-7-16(12-13)20-15-10-8-14(18)9-11-15/h5-12,17,19H,3-4H2,1-2H3. The van der Waals surface area contributed by atoms with E-state index in [1.165, 1.54) is 5.56 Å². The van der Waals surface area contributed by atoms with E-state index in [0.717, 1.165) is 24.5 Å². The number of rotatable bonds is 6. The van der Waals surface area contributed by atoms with Crippen molar-refractivity contribution in [3.8, 4) is 11.5 Å². The lowest BCUT2D eigenvalue weighted by Gasteiger charge is -2.17. The van der Waals surface area contributed by atoms with E-state index < -0.39 is 0 Å². The molecule has 1 atom stereocenters. The first-order valence-electron chi connectivity index (χ1n) is 6.99. The van der Waals surface area contributed by atoms with Gasteiger partial charge >= 0.3 is 0 Å². The highest BCUT2D eigenvalue weighted by Crippen LogP contribution is 2.26. The van der Waals surface area contributed by atoms with Crippen molar-refractivity contribution < 1.29 is 4.74 Å². The van der Waals surface area contributed by atoms with Crippen LogP contribution in [0, 0.1) is 0 Å². The van der Waals surface area contributed by atoms with E-state index >= 15 is 0 Å². The molecule has 0 spiro atoms. The monoisotopic (exact) mass is 289 g/mol.